The molecule has 0 N–H and O–H groups in total. The zero-order valence-corrected chi connectivity index (χ0v) is 89.5. The number of carbonyl (C=O) groups is 7. The molecule has 142 heavy (non-hydrogen) atoms. The van der Waals surface area contributed by atoms with Crippen LogP contribution >= 0.6 is 0 Å². The summed E-state index contributed by atoms with van der Waals surface area (Å²) < 4.78 is 41.9. The van der Waals surface area contributed by atoms with Crippen LogP contribution in [0.25, 0.3) is 0 Å². The summed E-state index contributed by atoms with van der Waals surface area (Å²) in [7, 11) is 0. The van der Waals surface area contributed by atoms with Crippen LogP contribution in [0.4, 0.5) is 0 Å². The maximum atomic E-state index is 12.8. The van der Waals surface area contributed by atoms with Crippen LogP contribution in [0.3, 0.4) is 0 Å². The lowest BCUT2D eigenvalue weighted by atomic mass is 9.65. The van der Waals surface area contributed by atoms with E-state index >= 15 is 0 Å². The van der Waals surface area contributed by atoms with Crippen LogP contribution in [0.2, 0.25) is 0 Å². The molecular formula is C128H260O14. The monoisotopic (exact) mass is 2020 g/mol. The highest BCUT2D eigenvalue weighted by Gasteiger charge is 2.69. The van der Waals surface area contributed by atoms with Crippen LogP contribution in [-0.4, -0.2) is 81.0 Å². The van der Waals surface area contributed by atoms with Gasteiger partial charge in [-0.3, -0.25) is 33.6 Å². The van der Waals surface area contributed by atoms with E-state index in [4.69, 9.17) is 33.2 Å². The van der Waals surface area contributed by atoms with Gasteiger partial charge < -0.3 is 33.2 Å². The first-order valence-corrected chi connectivity index (χ1v) is 54.0. The maximum Gasteiger partial charge on any atom is 0.312 e. The van der Waals surface area contributed by atoms with Gasteiger partial charge in [0, 0.05) is 11.3 Å². The van der Waals surface area contributed by atoms with Crippen LogP contribution in [0.1, 0.15) is 646 Å². The van der Waals surface area contributed by atoms with Gasteiger partial charge in [0.05, 0.1) is 37.9 Å². The summed E-state index contributed by atoms with van der Waals surface area (Å²) in [5.41, 5.74) is -3.54. The van der Waals surface area contributed by atoms with Crippen molar-refractivity contribution in [2.24, 2.45) is 102 Å². The third kappa shape index (κ3) is 40.8. The second-order valence-corrected chi connectivity index (χ2v) is 50.7. The van der Waals surface area contributed by atoms with E-state index in [0.29, 0.717) is 29.6 Å². The number of hydrogen-bond donors (Lipinski definition) is 0. The van der Waals surface area contributed by atoms with Crippen LogP contribution < -0.4 is 0 Å². The van der Waals surface area contributed by atoms with Crippen molar-refractivity contribution in [1.82, 2.24) is 0 Å². The Morgan fingerprint density at radius 1 is 0.254 bits per heavy atom. The first kappa shape index (κ1) is 156. The van der Waals surface area contributed by atoms with Crippen LogP contribution in [0.5, 0.6) is 0 Å². The van der Waals surface area contributed by atoms with Crippen molar-refractivity contribution in [3.63, 3.8) is 0 Å². The van der Waals surface area contributed by atoms with Crippen molar-refractivity contribution in [1.29, 1.82) is 0 Å². The minimum Gasteiger partial charge on any atom is -0.459 e. The van der Waals surface area contributed by atoms with E-state index in [1.165, 1.54) is 225 Å². The van der Waals surface area contributed by atoms with E-state index in [1.807, 2.05) is 118 Å². The Hall–Kier alpha value is -3.71. The lowest BCUT2D eigenvalue weighted by Crippen LogP contribution is -2.49. The molecule has 0 aliphatic heterocycles. The minimum absolute atomic E-state index is 0. The summed E-state index contributed by atoms with van der Waals surface area (Å²) >= 11 is 0. The van der Waals surface area contributed by atoms with E-state index in [0.717, 1.165) is 126 Å². The maximum absolute atomic E-state index is 12.8. The van der Waals surface area contributed by atoms with Crippen molar-refractivity contribution < 1.29 is 66.7 Å². The Morgan fingerprint density at radius 2 is 0.528 bits per heavy atom. The van der Waals surface area contributed by atoms with Crippen molar-refractivity contribution in [2.45, 2.75) is 685 Å². The molecule has 0 amide bonds. The van der Waals surface area contributed by atoms with Crippen molar-refractivity contribution in [3.05, 3.63) is 0 Å². The first-order valence-electron chi connectivity index (χ1n) is 54.0. The van der Waals surface area contributed by atoms with Crippen LogP contribution in [-0.2, 0) is 66.7 Å². The number of rotatable bonds is 23. The van der Waals surface area contributed by atoms with E-state index in [9.17, 15) is 33.6 Å². The number of carbonyl (C=O) groups excluding carboxylic acids is 7. The number of esters is 7. The number of fused-ring (bicyclic) bond motifs is 9. The molecule has 12 fully saturated rings. The minimum atomic E-state index is -0.370. The molecular weight excluding hydrogens is 1760 g/mol. The Labute approximate surface area is 890 Å². The Balaban J connectivity index is -0.000000205. The average molecular weight is 2020 g/mol. The third-order valence-corrected chi connectivity index (χ3v) is 37.8. The molecule has 6 bridgehead atoms. The molecule has 11 atom stereocenters. The molecule has 0 heterocycles. The zero-order valence-electron chi connectivity index (χ0n) is 89.5. The summed E-state index contributed by atoms with van der Waals surface area (Å²) in [5.74, 6) is 6.47. The van der Waals surface area contributed by atoms with Gasteiger partial charge in [0.15, 0.2) is 0 Å². The molecule has 11 unspecified atom stereocenters. The molecule has 14 heteroatoms. The molecule has 856 valence electrons. The van der Waals surface area contributed by atoms with Crippen molar-refractivity contribution >= 4 is 41.8 Å². The standard InChI is InChI=1S/C20H36O2.C17H28O2.C17H30O2.C17H32O2.C15H28O2.C14H24O2.C14H26O2.14CH4/c1-5-19(2,3)18(21)22-20(4,16-12-8-6-9-13-16)17-14-10-7-11-15-17;1-5-16(2,3)15(18)19-17(4)10-11-9-14(17)13-8-6-7-12(11)13;1-8-14(2,3)13(18)19-17(7)11-12-9-10-16(17,6)15(12,4)5;1-5-16(2,3)15(18)19-17(4)13-11-9-7-6-8-10-12-14-17;1-5-14(2,3)13(16)17-15(4)11-9-7-6-8-10-12-15;1-5-13(2,3)12(15)16-14(4)9-10-6-7-11(14)8-10;1-5-13(2,3)12(15)16-14(4)10-8-6-7-9-11-14;;;;;;;;;;;;;;/h16-17H,5-15H2,1-4H3;11-14H,5-10H2,1-4H3;12H,8-11H2,1-7H3;5-14H2,1-4H3;5-12H2,1-4H3;10-11H,5-9H2,1-4H3;5-11H2,1-4H3;14*1H4. The molecule has 0 aromatic heterocycles. The number of ether oxygens (including phenoxy) is 7. The summed E-state index contributed by atoms with van der Waals surface area (Å²) in [6.07, 6.45) is 60.2. The summed E-state index contributed by atoms with van der Waals surface area (Å²) in [6.45, 7) is 64.4. The SMILES string of the molecule is C.C.C.C.C.C.C.C.C.C.C.C.C.C.CCC(C)(C)C(=O)OC(C)(C1CCCCC1)C1CCCCC1.CCC(C)(C)C(=O)OC1(C)CC2CC1C1CCCC21.CCC(C)(C)C(=O)OC1(C)CC2CCC1(C)C2(C)C.CCC(C)(C)C(=O)OC1(C)CC2CCC1C2.CCC(C)(C)C(=O)OC1(C)CCCCCC1.CCC(C)(C)C(=O)OC1(C)CCCCCCC1.CCC(C)(C)C(=O)OC1(C)CCCCCCCCC1. The van der Waals surface area contributed by atoms with E-state index in [1.54, 1.807) is 0 Å². The highest BCUT2D eigenvalue weighted by molar-refractivity contribution is 5.79. The lowest BCUT2D eigenvalue weighted by Gasteiger charge is -2.47. The largest absolute Gasteiger partial charge is 0.459 e. The Bertz CT molecular complexity index is 3420. The molecule has 0 radical (unpaired) electrons. The van der Waals surface area contributed by atoms with Gasteiger partial charge in [-0.05, 0) is 416 Å². The quantitative estimate of drug-likeness (QED) is 0.0535. The molecule has 12 aliphatic rings. The fourth-order valence-electron chi connectivity index (χ4n) is 23.7. The van der Waals surface area contributed by atoms with Gasteiger partial charge in [-0.2, -0.15) is 0 Å². The Morgan fingerprint density at radius 3 is 0.803 bits per heavy atom. The normalized spacial score (nSPS) is 27.0. The lowest BCUT2D eigenvalue weighted by molar-refractivity contribution is -0.187. The summed E-state index contributed by atoms with van der Waals surface area (Å²) in [4.78, 5) is 86.3. The van der Waals surface area contributed by atoms with Gasteiger partial charge in [-0.25, -0.2) is 0 Å². The summed E-state index contributed by atoms with van der Waals surface area (Å²) in [6, 6.07) is 0. The average Bonchev–Trinajstić information content (AvgIpc) is 1.49. The van der Waals surface area contributed by atoms with E-state index in [-0.39, 0.29) is 234 Å². The summed E-state index contributed by atoms with van der Waals surface area (Å²) in [5, 5.41) is 0. The molecule has 0 aromatic carbocycles. The molecule has 14 nitrogen and oxygen atoms in total. The predicted molar refractivity (Wildman–Crippen MR) is 621 cm³/mol. The smallest absolute Gasteiger partial charge is 0.312 e. The first-order chi connectivity index (χ1) is 59.3. The van der Waals surface area contributed by atoms with Gasteiger partial charge in [0.1, 0.15) is 39.2 Å². The highest BCUT2D eigenvalue weighted by Crippen LogP contribution is 2.71. The number of hydrogen-bond acceptors (Lipinski definition) is 14. The molecule has 0 spiro atoms. The van der Waals surface area contributed by atoms with Gasteiger partial charge in [0.2, 0.25) is 0 Å². The van der Waals surface area contributed by atoms with Gasteiger partial charge in [0.25, 0.3) is 0 Å². The van der Waals surface area contributed by atoms with E-state index < -0.39 is 0 Å². The van der Waals surface area contributed by atoms with Gasteiger partial charge >= 0.3 is 41.8 Å². The van der Waals surface area contributed by atoms with E-state index in [2.05, 4.69) is 96.9 Å². The topological polar surface area (TPSA) is 184 Å². The van der Waals surface area contributed by atoms with Crippen LogP contribution in [0.15, 0.2) is 0 Å². The predicted octanol–water partition coefficient (Wildman–Crippen LogP) is 40.9. The third-order valence-electron chi connectivity index (χ3n) is 37.8. The fraction of sp³-hybridized carbons (Fsp3) is 0.945. The zero-order chi connectivity index (χ0) is 96.2. The Kier molecular flexibility index (Phi) is 71.2. The van der Waals surface area contributed by atoms with Crippen LogP contribution in [0, 0.1) is 102 Å². The molecule has 12 aliphatic carbocycles. The van der Waals surface area contributed by atoms with Crippen molar-refractivity contribution in [3.8, 4) is 0 Å². The second kappa shape index (κ2) is 64.9. The molecule has 0 aromatic rings. The van der Waals surface area contributed by atoms with Gasteiger partial charge in [-0.1, -0.05) is 282 Å². The molecule has 12 rings (SSSR count). The second-order valence-electron chi connectivity index (χ2n) is 50.7. The molecule has 0 saturated heterocycles. The molecule has 12 saturated carbocycles. The van der Waals surface area contributed by atoms with Gasteiger partial charge in [-0.15, -0.1) is 0 Å². The highest BCUT2D eigenvalue weighted by atomic mass is 16.6. The fourth-order valence-corrected chi connectivity index (χ4v) is 23.7. The van der Waals surface area contributed by atoms with Crippen molar-refractivity contribution in [2.75, 3.05) is 0 Å².